The van der Waals surface area contributed by atoms with Gasteiger partial charge in [0.2, 0.25) is 11.9 Å². The fourth-order valence-corrected chi connectivity index (χ4v) is 2.89. The maximum Gasteiger partial charge on any atom is 0.231 e. The first kappa shape index (κ1) is 16.3. The third-order valence-corrected chi connectivity index (χ3v) is 4.09. The number of rotatable bonds is 4. The largest absolute Gasteiger partial charge is 0.454 e. The molecule has 2 heterocycles. The zero-order valence-corrected chi connectivity index (χ0v) is 14.1. The molecular formula is C17H14ClN3O2S. The summed E-state index contributed by atoms with van der Waals surface area (Å²) < 4.78 is 10.6. The lowest BCUT2D eigenvalue weighted by molar-refractivity contribution is 0.174. The van der Waals surface area contributed by atoms with Crippen molar-refractivity contribution in [3.63, 3.8) is 0 Å². The Morgan fingerprint density at radius 1 is 1.08 bits per heavy atom. The summed E-state index contributed by atoms with van der Waals surface area (Å²) in [7, 11) is 0. The first-order valence-electron chi connectivity index (χ1n) is 7.08. The minimum absolute atomic E-state index is 0. The normalized spacial score (nSPS) is 12.2. The summed E-state index contributed by atoms with van der Waals surface area (Å²) in [6, 6.07) is 15.8. The molecule has 0 aliphatic carbocycles. The Balaban J connectivity index is 0.00000169. The molecule has 0 fully saturated rings. The van der Waals surface area contributed by atoms with Crippen LogP contribution in [0.15, 0.2) is 59.0 Å². The summed E-state index contributed by atoms with van der Waals surface area (Å²) in [6.07, 6.45) is 1.73. The Morgan fingerprint density at radius 3 is 2.79 bits per heavy atom. The van der Waals surface area contributed by atoms with Crippen LogP contribution in [0.5, 0.6) is 11.5 Å². The first-order valence-corrected chi connectivity index (χ1v) is 7.96. The molecule has 0 bridgehead atoms. The summed E-state index contributed by atoms with van der Waals surface area (Å²) in [5.74, 6) is 1.51. The van der Waals surface area contributed by atoms with Gasteiger partial charge in [0.15, 0.2) is 11.5 Å². The van der Waals surface area contributed by atoms with Crippen LogP contribution in [0.2, 0.25) is 0 Å². The first-order chi connectivity index (χ1) is 11.4. The average Bonchev–Trinajstić information content (AvgIpc) is 3.24. The van der Waals surface area contributed by atoms with E-state index in [1.54, 1.807) is 6.21 Å². The third kappa shape index (κ3) is 3.50. The summed E-state index contributed by atoms with van der Waals surface area (Å²) in [6.45, 7) is 0.273. The maximum absolute atomic E-state index is 5.34. The number of thiazole rings is 1. The van der Waals surface area contributed by atoms with Crippen molar-refractivity contribution in [2.45, 2.75) is 0 Å². The van der Waals surface area contributed by atoms with E-state index in [-0.39, 0.29) is 19.2 Å². The van der Waals surface area contributed by atoms with Gasteiger partial charge in [-0.1, -0.05) is 30.3 Å². The van der Waals surface area contributed by atoms with Crippen molar-refractivity contribution in [2.75, 3.05) is 12.2 Å². The van der Waals surface area contributed by atoms with Crippen LogP contribution >= 0.6 is 23.7 Å². The van der Waals surface area contributed by atoms with Gasteiger partial charge in [-0.2, -0.15) is 5.10 Å². The average molecular weight is 360 g/mol. The van der Waals surface area contributed by atoms with Crippen LogP contribution < -0.4 is 14.9 Å². The van der Waals surface area contributed by atoms with Gasteiger partial charge in [-0.05, 0) is 23.8 Å². The lowest BCUT2D eigenvalue weighted by Crippen LogP contribution is -1.93. The van der Waals surface area contributed by atoms with Gasteiger partial charge in [0.1, 0.15) is 0 Å². The number of anilines is 1. The summed E-state index contributed by atoms with van der Waals surface area (Å²) in [5, 5.41) is 6.98. The Kier molecular flexibility index (Phi) is 4.98. The van der Waals surface area contributed by atoms with Crippen LogP contribution in [0.3, 0.4) is 0 Å². The molecule has 0 unspecified atom stereocenters. The number of nitrogens with zero attached hydrogens (tertiary/aromatic N) is 2. The molecule has 1 N–H and O–H groups in total. The fraction of sp³-hybridized carbons (Fsp3) is 0.0588. The molecule has 1 aliphatic rings. The van der Waals surface area contributed by atoms with Gasteiger partial charge in [0, 0.05) is 10.9 Å². The SMILES string of the molecule is C(=N\Nc1nc(-c2ccccc2)cs1)/c1ccc2c(c1)OCO2.Cl. The molecule has 1 aliphatic heterocycles. The highest BCUT2D eigenvalue weighted by Gasteiger charge is 2.12. The van der Waals surface area contributed by atoms with Crippen LogP contribution in [0, 0.1) is 0 Å². The molecule has 3 aromatic rings. The van der Waals surface area contributed by atoms with E-state index in [9.17, 15) is 0 Å². The van der Waals surface area contributed by atoms with Crippen LogP contribution in [0.25, 0.3) is 11.3 Å². The molecule has 122 valence electrons. The molecule has 0 saturated carbocycles. The molecule has 1 aromatic heterocycles. The zero-order valence-electron chi connectivity index (χ0n) is 12.5. The van der Waals surface area contributed by atoms with E-state index in [2.05, 4.69) is 15.5 Å². The second-order valence-corrected chi connectivity index (χ2v) is 5.74. The number of ether oxygens (including phenoxy) is 2. The van der Waals surface area contributed by atoms with Gasteiger partial charge in [0.05, 0.1) is 11.9 Å². The van der Waals surface area contributed by atoms with Gasteiger partial charge in [-0.15, -0.1) is 23.7 Å². The molecule has 0 saturated heterocycles. The number of hydrogen-bond donors (Lipinski definition) is 1. The molecule has 0 amide bonds. The van der Waals surface area contributed by atoms with Crippen molar-refractivity contribution in [2.24, 2.45) is 5.10 Å². The van der Waals surface area contributed by atoms with Crippen LogP contribution in [-0.4, -0.2) is 18.0 Å². The van der Waals surface area contributed by atoms with Crippen molar-refractivity contribution in [3.05, 3.63) is 59.5 Å². The molecule has 24 heavy (non-hydrogen) atoms. The highest BCUT2D eigenvalue weighted by molar-refractivity contribution is 7.14. The number of hydrogen-bond acceptors (Lipinski definition) is 6. The molecule has 2 aromatic carbocycles. The van der Waals surface area contributed by atoms with Gasteiger partial charge in [0.25, 0.3) is 0 Å². The van der Waals surface area contributed by atoms with Crippen LogP contribution in [-0.2, 0) is 0 Å². The van der Waals surface area contributed by atoms with E-state index in [1.165, 1.54) is 11.3 Å². The highest BCUT2D eigenvalue weighted by atomic mass is 35.5. The van der Waals surface area contributed by atoms with Crippen LogP contribution in [0.4, 0.5) is 5.13 Å². The lowest BCUT2D eigenvalue weighted by atomic mass is 10.2. The lowest BCUT2D eigenvalue weighted by Gasteiger charge is -1.98. The second-order valence-electron chi connectivity index (χ2n) is 4.89. The van der Waals surface area contributed by atoms with E-state index < -0.39 is 0 Å². The number of halogens is 1. The van der Waals surface area contributed by atoms with E-state index in [0.29, 0.717) is 0 Å². The van der Waals surface area contributed by atoms with Gasteiger partial charge in [-0.25, -0.2) is 4.98 Å². The molecule has 0 radical (unpaired) electrons. The predicted molar refractivity (Wildman–Crippen MR) is 98.6 cm³/mol. The minimum Gasteiger partial charge on any atom is -0.454 e. The molecular weight excluding hydrogens is 346 g/mol. The summed E-state index contributed by atoms with van der Waals surface area (Å²) in [4.78, 5) is 4.52. The topological polar surface area (TPSA) is 55.7 Å². The van der Waals surface area contributed by atoms with Gasteiger partial charge >= 0.3 is 0 Å². The van der Waals surface area contributed by atoms with E-state index >= 15 is 0 Å². The molecule has 0 atom stereocenters. The smallest absolute Gasteiger partial charge is 0.231 e. The molecule has 7 heteroatoms. The summed E-state index contributed by atoms with van der Waals surface area (Å²) in [5.41, 5.74) is 5.92. The van der Waals surface area contributed by atoms with Crippen molar-refractivity contribution >= 4 is 35.1 Å². The fourth-order valence-electron chi connectivity index (χ4n) is 2.22. The number of aromatic nitrogens is 1. The Hall–Kier alpha value is -2.57. The third-order valence-electron chi connectivity index (χ3n) is 3.34. The molecule has 5 nitrogen and oxygen atoms in total. The van der Waals surface area contributed by atoms with E-state index in [4.69, 9.17) is 9.47 Å². The zero-order chi connectivity index (χ0) is 15.5. The minimum atomic E-state index is 0. The van der Waals surface area contributed by atoms with Crippen LogP contribution in [0.1, 0.15) is 5.56 Å². The highest BCUT2D eigenvalue weighted by Crippen LogP contribution is 2.32. The number of hydrazone groups is 1. The number of benzene rings is 2. The van der Waals surface area contributed by atoms with Crippen molar-refractivity contribution in [3.8, 4) is 22.8 Å². The van der Waals surface area contributed by atoms with Gasteiger partial charge < -0.3 is 9.47 Å². The van der Waals surface area contributed by atoms with E-state index in [0.717, 1.165) is 33.5 Å². The maximum atomic E-state index is 5.34. The van der Waals surface area contributed by atoms with Crippen molar-refractivity contribution < 1.29 is 9.47 Å². The Morgan fingerprint density at radius 2 is 1.92 bits per heavy atom. The van der Waals surface area contributed by atoms with E-state index in [1.807, 2.05) is 53.9 Å². The standard InChI is InChI=1S/C17H13N3O2S.ClH/c1-2-4-13(5-3-1)14-10-23-17(19-14)20-18-9-12-6-7-15-16(8-12)22-11-21-15;/h1-10H,11H2,(H,19,20);1H/b18-9+;. The summed E-state index contributed by atoms with van der Waals surface area (Å²) >= 11 is 1.52. The monoisotopic (exact) mass is 359 g/mol. The number of fused-ring (bicyclic) bond motifs is 1. The second kappa shape index (κ2) is 7.33. The molecule has 4 rings (SSSR count). The van der Waals surface area contributed by atoms with Crippen molar-refractivity contribution in [1.82, 2.24) is 4.98 Å². The molecule has 0 spiro atoms. The van der Waals surface area contributed by atoms with Gasteiger partial charge in [-0.3, -0.25) is 5.43 Å². The van der Waals surface area contributed by atoms with Crippen molar-refractivity contribution in [1.29, 1.82) is 0 Å². The Labute approximate surface area is 149 Å². The Bertz CT molecular complexity index is 852. The number of nitrogens with one attached hydrogen (secondary N) is 1. The predicted octanol–water partition coefficient (Wildman–Crippen LogP) is 4.41. The quantitative estimate of drug-likeness (QED) is 0.554.